The second-order valence-corrected chi connectivity index (χ2v) is 6.61. The van der Waals surface area contributed by atoms with Crippen molar-refractivity contribution in [2.24, 2.45) is 0 Å². The first-order valence-electron chi connectivity index (χ1n) is 8.95. The molecule has 148 valence electrons. The monoisotopic (exact) mass is 393 g/mol. The first-order valence-corrected chi connectivity index (χ1v) is 8.95. The second-order valence-electron chi connectivity index (χ2n) is 6.61. The SMILES string of the molecule is COc1ccc(COCC(O)CN2CCc3ccccc3C2)cc1OC.Cl. The van der Waals surface area contributed by atoms with Crippen LogP contribution < -0.4 is 9.47 Å². The molecule has 0 bridgehead atoms. The van der Waals surface area contributed by atoms with Gasteiger partial charge in [0.25, 0.3) is 0 Å². The van der Waals surface area contributed by atoms with Crippen LogP contribution in [-0.4, -0.2) is 50.0 Å². The van der Waals surface area contributed by atoms with Gasteiger partial charge >= 0.3 is 0 Å². The number of halogens is 1. The number of fused-ring (bicyclic) bond motifs is 1. The van der Waals surface area contributed by atoms with Gasteiger partial charge in [-0.15, -0.1) is 12.4 Å². The lowest BCUT2D eigenvalue weighted by Crippen LogP contribution is -2.38. The fourth-order valence-corrected chi connectivity index (χ4v) is 3.34. The third-order valence-corrected chi connectivity index (χ3v) is 4.71. The van der Waals surface area contributed by atoms with Crippen LogP contribution in [0, 0.1) is 0 Å². The Bertz CT molecular complexity index is 725. The van der Waals surface area contributed by atoms with Crippen molar-refractivity contribution in [3.05, 3.63) is 59.2 Å². The van der Waals surface area contributed by atoms with E-state index in [0.29, 0.717) is 31.3 Å². The first-order chi connectivity index (χ1) is 12.7. The number of benzene rings is 2. The summed E-state index contributed by atoms with van der Waals surface area (Å²) in [6, 6.07) is 14.2. The van der Waals surface area contributed by atoms with Gasteiger partial charge in [-0.05, 0) is 35.2 Å². The van der Waals surface area contributed by atoms with Crippen molar-refractivity contribution in [2.75, 3.05) is 33.9 Å². The molecule has 1 atom stereocenters. The van der Waals surface area contributed by atoms with Gasteiger partial charge in [0.15, 0.2) is 11.5 Å². The highest BCUT2D eigenvalue weighted by Crippen LogP contribution is 2.27. The molecule has 0 fully saturated rings. The van der Waals surface area contributed by atoms with Crippen LogP contribution in [0.15, 0.2) is 42.5 Å². The summed E-state index contributed by atoms with van der Waals surface area (Å²) in [7, 11) is 3.23. The molecule has 0 spiro atoms. The van der Waals surface area contributed by atoms with Crippen LogP contribution in [0.4, 0.5) is 0 Å². The van der Waals surface area contributed by atoms with E-state index in [-0.39, 0.29) is 12.4 Å². The Morgan fingerprint density at radius 2 is 1.78 bits per heavy atom. The van der Waals surface area contributed by atoms with Crippen LogP contribution in [-0.2, 0) is 24.3 Å². The third kappa shape index (κ3) is 5.84. The lowest BCUT2D eigenvalue weighted by molar-refractivity contribution is 0.00770. The number of ether oxygens (including phenoxy) is 3. The summed E-state index contributed by atoms with van der Waals surface area (Å²) in [4.78, 5) is 2.28. The fourth-order valence-electron chi connectivity index (χ4n) is 3.34. The number of β-amino-alcohol motifs (C(OH)–C–C–N with tert-alkyl or cyclic N) is 1. The molecule has 0 saturated carbocycles. The Morgan fingerprint density at radius 3 is 2.52 bits per heavy atom. The molecule has 5 nitrogen and oxygen atoms in total. The minimum atomic E-state index is -0.500. The van der Waals surface area contributed by atoms with Crippen LogP contribution in [0.3, 0.4) is 0 Å². The molecular weight excluding hydrogens is 366 g/mol. The molecule has 1 heterocycles. The van der Waals surface area contributed by atoms with Crippen molar-refractivity contribution in [1.29, 1.82) is 0 Å². The maximum absolute atomic E-state index is 10.3. The van der Waals surface area contributed by atoms with Crippen molar-refractivity contribution in [3.63, 3.8) is 0 Å². The standard InChI is InChI=1S/C21H27NO4.ClH/c1-24-20-8-7-16(11-21(20)25-2)14-26-15-19(23)13-22-10-9-17-5-3-4-6-18(17)12-22;/h3-8,11,19,23H,9-10,12-15H2,1-2H3;1H. The van der Waals surface area contributed by atoms with E-state index in [2.05, 4.69) is 29.2 Å². The third-order valence-electron chi connectivity index (χ3n) is 4.71. The van der Waals surface area contributed by atoms with E-state index in [0.717, 1.165) is 25.1 Å². The van der Waals surface area contributed by atoms with Gasteiger partial charge in [0, 0.05) is 19.6 Å². The van der Waals surface area contributed by atoms with Crippen molar-refractivity contribution in [2.45, 2.75) is 25.7 Å². The molecule has 1 N–H and O–H groups in total. The van der Waals surface area contributed by atoms with Crippen molar-refractivity contribution in [1.82, 2.24) is 4.90 Å². The summed E-state index contributed by atoms with van der Waals surface area (Å²) in [6.45, 7) is 3.24. The quantitative estimate of drug-likeness (QED) is 0.747. The number of hydrogen-bond donors (Lipinski definition) is 1. The Kier molecular flexibility index (Phi) is 8.38. The molecule has 1 aliphatic heterocycles. The van der Waals surface area contributed by atoms with E-state index in [4.69, 9.17) is 14.2 Å². The van der Waals surface area contributed by atoms with Gasteiger partial charge in [-0.3, -0.25) is 4.90 Å². The first kappa shape index (κ1) is 21.5. The van der Waals surface area contributed by atoms with Crippen LogP contribution >= 0.6 is 12.4 Å². The lowest BCUT2D eigenvalue weighted by atomic mass is 10.00. The molecule has 0 amide bonds. The average molecular weight is 394 g/mol. The van der Waals surface area contributed by atoms with Crippen molar-refractivity contribution >= 4 is 12.4 Å². The van der Waals surface area contributed by atoms with Gasteiger partial charge in [-0.1, -0.05) is 30.3 Å². The van der Waals surface area contributed by atoms with Crippen LogP contribution in [0.25, 0.3) is 0 Å². The lowest BCUT2D eigenvalue weighted by Gasteiger charge is -2.30. The molecule has 1 unspecified atom stereocenters. The molecule has 3 rings (SSSR count). The van der Waals surface area contributed by atoms with E-state index in [9.17, 15) is 5.11 Å². The summed E-state index contributed by atoms with van der Waals surface area (Å²) in [5.74, 6) is 1.38. The molecule has 0 saturated heterocycles. The fraction of sp³-hybridized carbons (Fsp3) is 0.429. The van der Waals surface area contributed by atoms with Gasteiger partial charge in [0.2, 0.25) is 0 Å². The maximum Gasteiger partial charge on any atom is 0.161 e. The van der Waals surface area contributed by atoms with Crippen LogP contribution in [0.2, 0.25) is 0 Å². The number of aliphatic hydroxyl groups is 1. The molecule has 6 heteroatoms. The number of methoxy groups -OCH3 is 2. The van der Waals surface area contributed by atoms with Gasteiger partial charge in [-0.25, -0.2) is 0 Å². The van der Waals surface area contributed by atoms with Crippen LogP contribution in [0.5, 0.6) is 11.5 Å². The largest absolute Gasteiger partial charge is 0.493 e. The zero-order chi connectivity index (χ0) is 18.4. The second kappa shape index (κ2) is 10.5. The molecular formula is C21H28ClNO4. The Labute approximate surface area is 167 Å². The predicted octanol–water partition coefficient (Wildman–Crippen LogP) is 3.06. The normalized spacial score (nSPS) is 14.8. The highest BCUT2D eigenvalue weighted by atomic mass is 35.5. The van der Waals surface area contributed by atoms with Crippen molar-refractivity contribution in [3.8, 4) is 11.5 Å². The molecule has 27 heavy (non-hydrogen) atoms. The highest BCUT2D eigenvalue weighted by Gasteiger charge is 2.18. The molecule has 0 aromatic heterocycles. The van der Waals surface area contributed by atoms with Crippen molar-refractivity contribution < 1.29 is 19.3 Å². The predicted molar refractivity (Wildman–Crippen MR) is 108 cm³/mol. The van der Waals surface area contributed by atoms with E-state index in [1.807, 2.05) is 18.2 Å². The number of rotatable bonds is 8. The van der Waals surface area contributed by atoms with Gasteiger partial charge in [-0.2, -0.15) is 0 Å². The van der Waals surface area contributed by atoms with Gasteiger partial charge in [0.05, 0.1) is 33.5 Å². The number of hydrogen-bond acceptors (Lipinski definition) is 5. The maximum atomic E-state index is 10.3. The van der Waals surface area contributed by atoms with E-state index in [1.54, 1.807) is 14.2 Å². The van der Waals surface area contributed by atoms with E-state index >= 15 is 0 Å². The number of nitrogens with zero attached hydrogens (tertiary/aromatic N) is 1. The highest BCUT2D eigenvalue weighted by molar-refractivity contribution is 5.85. The minimum Gasteiger partial charge on any atom is -0.493 e. The zero-order valence-corrected chi connectivity index (χ0v) is 16.7. The Balaban J connectivity index is 0.00000261. The summed E-state index contributed by atoms with van der Waals surface area (Å²) in [5.41, 5.74) is 3.77. The Hall–Kier alpha value is -1.79. The zero-order valence-electron chi connectivity index (χ0n) is 15.9. The molecule has 1 aliphatic rings. The summed E-state index contributed by atoms with van der Waals surface area (Å²) in [5, 5.41) is 10.3. The van der Waals surface area contributed by atoms with Gasteiger partial charge in [0.1, 0.15) is 0 Å². The summed E-state index contributed by atoms with van der Waals surface area (Å²) < 4.78 is 16.2. The molecule has 0 radical (unpaired) electrons. The minimum absolute atomic E-state index is 0. The topological polar surface area (TPSA) is 51.2 Å². The average Bonchev–Trinajstić information content (AvgIpc) is 2.67. The number of aliphatic hydroxyl groups excluding tert-OH is 1. The molecule has 2 aromatic rings. The summed E-state index contributed by atoms with van der Waals surface area (Å²) >= 11 is 0. The van der Waals surface area contributed by atoms with E-state index < -0.39 is 6.10 Å². The van der Waals surface area contributed by atoms with E-state index in [1.165, 1.54) is 11.1 Å². The smallest absolute Gasteiger partial charge is 0.161 e. The van der Waals surface area contributed by atoms with Gasteiger partial charge < -0.3 is 19.3 Å². The van der Waals surface area contributed by atoms with Crippen LogP contribution in [0.1, 0.15) is 16.7 Å². The Morgan fingerprint density at radius 1 is 1.04 bits per heavy atom. The summed E-state index contributed by atoms with van der Waals surface area (Å²) in [6.07, 6.45) is 0.537. The molecule has 2 aromatic carbocycles. The molecule has 0 aliphatic carbocycles.